The lowest BCUT2D eigenvalue weighted by Gasteiger charge is -2.25. The largest absolute Gasteiger partial charge is 0.326 e. The van der Waals surface area contributed by atoms with Crippen LogP contribution in [0.15, 0.2) is 256 Å². The number of rotatable bonds is 22. The fraction of sp³-hybridized carbons (Fsp3) is 0.227. The summed E-state index contributed by atoms with van der Waals surface area (Å²) in [6.45, 7) is 7.62. The lowest BCUT2D eigenvalue weighted by molar-refractivity contribution is -0.138. The van der Waals surface area contributed by atoms with Crippen molar-refractivity contribution in [2.24, 2.45) is 16.6 Å². The number of aromatic nitrogens is 15. The molecule has 6 aromatic carbocycles. The van der Waals surface area contributed by atoms with Crippen LogP contribution >= 0.6 is 55.7 Å². The van der Waals surface area contributed by atoms with Gasteiger partial charge < -0.3 is 42.1 Å². The summed E-state index contributed by atoms with van der Waals surface area (Å²) in [6, 6.07) is 55.1. The minimum Gasteiger partial charge on any atom is -0.326 e. The standard InChI is InChI=1S/C26H22BrFN10O3.2C26H24BrFN8O3.C18H15P.CH4/c1-13(39)24-17-8-15(16-9-30-14(2)31-10-16)6-7-19(17)38(35-24)12-22(40)37-11-18(34-36-29)23(28)25(37)26(41)33-21-5-3-4-20(27)32-21;1-13(37)24-17-8-15(16-9-30-14(2)31-10-16)6-7-19(17)36(34-24)12-22(38)35-11-18(29)23(28)25(35)26(39)33-21-5-3-4-20(27)32-21;1-13(37)24-17-8-15(16-9-30-14(2)31-10-16)6-7-19(17)36(34-24)12-22(38)35-11-18(28)23(29)25(35)26(39)33-21-5-3-4-20(27)32-21;1-4-10-16(11-5-1)19(17-12-6-2-7-13-17)18-14-8-3-9-15-18;/h3-10,18,23,25H,11-12H2,1-2H3,(H,32,33,41);2*3-10,18,23,25H,11-12,29H2,1-2H3,(H,32,33,39);1-15H;1H4/t2*18-,23+,25+;18-,23+,25-;;/m110../s1. The van der Waals surface area contributed by atoms with Gasteiger partial charge in [0.25, 0.3) is 11.8 Å². The van der Waals surface area contributed by atoms with E-state index in [9.17, 15) is 47.5 Å². The zero-order valence-electron chi connectivity index (χ0n) is 74.4. The van der Waals surface area contributed by atoms with Crippen LogP contribution < -0.4 is 43.3 Å². The smallest absolute Gasteiger partial charge is 0.251 e. The van der Waals surface area contributed by atoms with Gasteiger partial charge in [0.05, 0.1) is 41.2 Å². The van der Waals surface area contributed by atoms with Crippen molar-refractivity contribution >= 4 is 175 Å². The number of carbonyl (C=O) groups excluding carboxylic acids is 9. The van der Waals surface area contributed by atoms with E-state index in [1.54, 1.807) is 149 Å². The van der Waals surface area contributed by atoms with Crippen LogP contribution in [-0.2, 0) is 48.4 Å². The summed E-state index contributed by atoms with van der Waals surface area (Å²) in [6.07, 6.45) is 4.75. The molecule has 3 saturated heterocycles. The van der Waals surface area contributed by atoms with Crippen LogP contribution in [-0.4, -0.2) is 216 Å². The molecule has 0 aliphatic carbocycles. The summed E-state index contributed by atoms with van der Waals surface area (Å²) in [5.74, 6) is -2.42. The van der Waals surface area contributed by atoms with Gasteiger partial charge in [-0.15, -0.1) is 0 Å². The zero-order chi connectivity index (χ0) is 97.9. The van der Waals surface area contributed by atoms with Gasteiger partial charge in [0.15, 0.2) is 17.3 Å². The van der Waals surface area contributed by atoms with E-state index >= 15 is 8.78 Å². The molecule has 9 aromatic heterocycles. The summed E-state index contributed by atoms with van der Waals surface area (Å²) < 4.78 is 50.7. The van der Waals surface area contributed by atoms with E-state index < -0.39 is 105 Å². The average molecular weight is 2090 g/mol. The van der Waals surface area contributed by atoms with Crippen LogP contribution in [0.1, 0.15) is 77.1 Å². The number of ketones is 3. The van der Waals surface area contributed by atoms with E-state index in [4.69, 9.17) is 17.0 Å². The molecule has 3 fully saturated rings. The molecule has 9 atom stereocenters. The summed E-state index contributed by atoms with van der Waals surface area (Å²) in [4.78, 5) is 160. The molecule has 3 aliphatic heterocycles. The SMILES string of the molecule is C.CC(=O)c1nn(CC(=O)N2C[C@@H](N)[C@H](F)[C@H]2C(=O)Nc2cccc(Br)n2)c2ccc(-c3cnc(C)nc3)cc12.CC(=O)c1nn(CC(=O)N2C[C@@H](N=[N+]=[N-])[C@H](F)[C@H]2C(=O)Nc2cccc(Br)n2)c2ccc(-c3cnc(C)nc3)cc12.CC(=O)c1nn(CC(=O)N2C[C@H](F)[C@@H](N)[C@H]2C(=O)Nc2cccc(Br)n2)c2ccc(-c3cnc(C)nc3)cc12.c1ccc(P(c2ccccc2)c2ccccc2)cc1. The Morgan fingerprint density at radius 3 is 1.04 bits per heavy atom. The molecule has 6 amide bonds. The van der Waals surface area contributed by atoms with Gasteiger partial charge in [0.2, 0.25) is 23.6 Å². The van der Waals surface area contributed by atoms with Crippen molar-refractivity contribution in [2.75, 3.05) is 35.6 Å². The molecule has 15 aromatic rings. The molecular weight excluding hydrogens is 2000 g/mol. The number of carbonyl (C=O) groups is 9. The normalized spacial score (nSPS) is 17.4. The van der Waals surface area contributed by atoms with E-state index in [-0.39, 0.29) is 92.0 Å². The second-order valence-electron chi connectivity index (χ2n) is 32.2. The number of anilines is 3. The molecule has 0 spiro atoms. The number of hydrogen-bond donors (Lipinski definition) is 5. The Bertz CT molecular complexity index is 6850. The number of fused-ring (bicyclic) bond motifs is 3. The number of likely N-dealkylation sites (tertiary alicyclic amines) is 3. The van der Waals surface area contributed by atoms with Crippen molar-refractivity contribution in [3.63, 3.8) is 0 Å². The van der Waals surface area contributed by atoms with Gasteiger partial charge >= 0.3 is 0 Å². The Morgan fingerprint density at radius 2 is 0.727 bits per heavy atom. The van der Waals surface area contributed by atoms with Gasteiger partial charge in [0, 0.05) is 109 Å². The Labute approximate surface area is 819 Å². The first-order chi connectivity index (χ1) is 66.3. The monoisotopic (exact) mass is 2090 g/mol. The van der Waals surface area contributed by atoms with Crippen LogP contribution in [0.5, 0.6) is 0 Å². The summed E-state index contributed by atoms with van der Waals surface area (Å²) in [5, 5.41) is 30.0. The zero-order valence-corrected chi connectivity index (χ0v) is 80.0. The number of nitrogens with one attached hydrogen (secondary N) is 3. The average Bonchev–Trinajstić information content (AvgIpc) is 1.62. The highest BCUT2D eigenvalue weighted by atomic mass is 79.9. The number of aryl methyl sites for hydroxylation is 3. The lowest BCUT2D eigenvalue weighted by atomic mass is 10.0. The summed E-state index contributed by atoms with van der Waals surface area (Å²) >= 11 is 9.66. The Kier molecular flexibility index (Phi) is 32.1. The number of amides is 6. The van der Waals surface area contributed by atoms with Crippen molar-refractivity contribution in [1.29, 1.82) is 0 Å². The second kappa shape index (κ2) is 44.5. The van der Waals surface area contributed by atoms with E-state index in [2.05, 4.69) is 225 Å². The number of azide groups is 1. The molecule has 3 aliphatic rings. The first-order valence-corrected chi connectivity index (χ1v) is 46.6. The number of Topliss-reactive ketones (excluding diaryl/α,β-unsaturated/α-hetero) is 3. The molecule has 0 saturated carbocycles. The summed E-state index contributed by atoms with van der Waals surface area (Å²) in [5.41, 5.74) is 27.5. The number of alkyl halides is 3. The molecule has 0 unspecified atom stereocenters. The van der Waals surface area contributed by atoms with Crippen molar-refractivity contribution in [2.45, 2.75) is 123 Å². The van der Waals surface area contributed by atoms with Crippen molar-refractivity contribution in [3.05, 3.63) is 296 Å². The van der Waals surface area contributed by atoms with Gasteiger partial charge in [-0.25, -0.2) is 58.0 Å². The quantitative estimate of drug-likeness (QED) is 0.0105. The van der Waals surface area contributed by atoms with E-state index in [1.807, 2.05) is 12.1 Å². The number of nitrogens with zero attached hydrogens (tertiary/aromatic N) is 21. The highest BCUT2D eigenvalue weighted by Crippen LogP contribution is 2.36. The number of hydrogen-bond acceptors (Lipinski definition) is 24. The minimum absolute atomic E-state index is 0. The molecule has 0 radical (unpaired) electrons. The second-order valence-corrected chi connectivity index (χ2v) is 36.8. The maximum atomic E-state index is 15.4. The maximum absolute atomic E-state index is 15.4. The van der Waals surface area contributed by atoms with E-state index in [0.29, 0.717) is 64.0 Å². The number of nitrogens with two attached hydrogens (primary N) is 2. The van der Waals surface area contributed by atoms with Crippen LogP contribution in [0, 0.1) is 20.8 Å². The van der Waals surface area contributed by atoms with E-state index in [0.717, 1.165) is 48.1 Å². The minimum atomic E-state index is -1.96. The summed E-state index contributed by atoms with van der Waals surface area (Å²) in [7, 11) is -0.446. The fourth-order valence-corrected chi connectivity index (χ4v) is 19.3. The maximum Gasteiger partial charge on any atom is 0.251 e. The van der Waals surface area contributed by atoms with Gasteiger partial charge in [-0.2, -0.15) is 15.3 Å². The topological polar surface area (TPSA) is 470 Å². The van der Waals surface area contributed by atoms with Gasteiger partial charge in [0.1, 0.15) is 122 Å². The highest BCUT2D eigenvalue weighted by Gasteiger charge is 2.51. The van der Waals surface area contributed by atoms with Crippen molar-refractivity contribution in [1.82, 2.24) is 88.9 Å². The Balaban J connectivity index is 0.000000151. The number of benzene rings is 6. The predicted molar refractivity (Wildman–Crippen MR) is 530 cm³/mol. The third-order valence-electron chi connectivity index (χ3n) is 22.7. The van der Waals surface area contributed by atoms with Crippen LogP contribution in [0.25, 0.3) is 76.5 Å². The van der Waals surface area contributed by atoms with Gasteiger partial charge in [-0.05, 0) is 187 Å². The lowest BCUT2D eigenvalue weighted by Crippen LogP contribution is -2.51. The number of halogens is 6. The van der Waals surface area contributed by atoms with Crippen molar-refractivity contribution in [3.8, 4) is 33.4 Å². The molecule has 0 bridgehead atoms. The molecular formula is C97H89Br3F3N26O9P. The van der Waals surface area contributed by atoms with Crippen LogP contribution in [0.2, 0.25) is 0 Å². The molecule has 35 nitrogen and oxygen atoms in total. The molecule has 708 valence electrons. The Morgan fingerprint density at radius 1 is 0.417 bits per heavy atom. The first kappa shape index (κ1) is 100. The first-order valence-electron chi connectivity index (χ1n) is 42.9. The molecule has 18 rings (SSSR count). The van der Waals surface area contributed by atoms with E-state index in [1.165, 1.54) is 56.8 Å². The molecule has 12 heterocycles. The predicted octanol–water partition coefficient (Wildman–Crippen LogP) is 13.5. The molecule has 7 N–H and O–H groups in total. The van der Waals surface area contributed by atoms with Crippen molar-refractivity contribution < 1.29 is 56.3 Å². The van der Waals surface area contributed by atoms with Gasteiger partial charge in [-0.3, -0.25) is 57.2 Å². The van der Waals surface area contributed by atoms with Crippen LogP contribution in [0.3, 0.4) is 0 Å². The Hall–Kier alpha value is -14.9. The fourth-order valence-electron chi connectivity index (χ4n) is 16.0. The molecule has 42 heteroatoms. The van der Waals surface area contributed by atoms with Crippen LogP contribution in [0.4, 0.5) is 30.6 Å². The molecule has 139 heavy (non-hydrogen) atoms. The highest BCUT2D eigenvalue weighted by molar-refractivity contribution is 9.11. The number of pyridine rings is 3. The third-order valence-corrected chi connectivity index (χ3v) is 26.5. The third kappa shape index (κ3) is 23.2. The van der Waals surface area contributed by atoms with Gasteiger partial charge in [-0.1, -0.05) is 140 Å².